The van der Waals surface area contributed by atoms with Gasteiger partial charge in [0.05, 0.1) is 12.6 Å². The quantitative estimate of drug-likeness (QED) is 0.401. The van der Waals surface area contributed by atoms with E-state index >= 15 is 0 Å². The van der Waals surface area contributed by atoms with Crippen LogP contribution in [0.4, 0.5) is 0 Å². The van der Waals surface area contributed by atoms with Gasteiger partial charge in [0.25, 0.3) is 0 Å². The van der Waals surface area contributed by atoms with E-state index in [0.29, 0.717) is 5.69 Å². The van der Waals surface area contributed by atoms with Crippen LogP contribution in [0.2, 0.25) is 0 Å². The van der Waals surface area contributed by atoms with Crippen molar-refractivity contribution in [1.82, 2.24) is 4.98 Å². The normalized spacial score (nSPS) is 10.8. The number of nitrogens with zero attached hydrogens (tertiary/aromatic N) is 1. The van der Waals surface area contributed by atoms with Crippen LogP contribution in [0.3, 0.4) is 0 Å². The van der Waals surface area contributed by atoms with Gasteiger partial charge in [-0.05, 0) is 59.2 Å². The zero-order chi connectivity index (χ0) is 15.2. The predicted octanol–water partition coefficient (Wildman–Crippen LogP) is 4.75. The first kappa shape index (κ1) is 16.2. The van der Waals surface area contributed by atoms with Gasteiger partial charge in [-0.3, -0.25) is 0 Å². The molecule has 0 aliphatic heterocycles. The Hall–Kier alpha value is -1.17. The molecule has 1 aromatic heterocycles. The van der Waals surface area contributed by atoms with Crippen molar-refractivity contribution in [2.75, 3.05) is 7.11 Å². The van der Waals surface area contributed by atoms with Gasteiger partial charge in [0.1, 0.15) is 5.69 Å². The second-order valence-electron chi connectivity index (χ2n) is 5.14. The minimum Gasteiger partial charge on any atom is -0.464 e. The van der Waals surface area contributed by atoms with Crippen molar-refractivity contribution in [3.8, 4) is 0 Å². The molecule has 0 radical (unpaired) electrons. The van der Waals surface area contributed by atoms with Crippen LogP contribution in [0.1, 0.15) is 48.7 Å². The molecule has 0 unspecified atom stereocenters. The van der Waals surface area contributed by atoms with Gasteiger partial charge >= 0.3 is 5.97 Å². The molecule has 0 atom stereocenters. The van der Waals surface area contributed by atoms with Crippen molar-refractivity contribution < 1.29 is 9.53 Å². The smallest absolute Gasteiger partial charge is 0.356 e. The van der Waals surface area contributed by atoms with Crippen molar-refractivity contribution in [2.45, 2.75) is 39.0 Å². The van der Waals surface area contributed by atoms with Crippen molar-refractivity contribution in [1.29, 1.82) is 0 Å². The van der Waals surface area contributed by atoms with E-state index in [9.17, 15) is 4.79 Å². The number of benzene rings is 1. The molecular formula is C17H20INO2. The molecule has 0 aliphatic rings. The number of unbranched alkanes of at least 4 members (excludes halogenated alkanes) is 3. The van der Waals surface area contributed by atoms with Crippen LogP contribution in [0.15, 0.2) is 24.3 Å². The summed E-state index contributed by atoms with van der Waals surface area (Å²) in [5, 5.41) is 1.11. The molecule has 0 saturated heterocycles. The summed E-state index contributed by atoms with van der Waals surface area (Å²) in [5.41, 5.74) is 2.55. The summed E-state index contributed by atoms with van der Waals surface area (Å²) in [7, 11) is 1.38. The molecule has 2 aromatic rings. The fraction of sp³-hybridized carbons (Fsp3) is 0.412. The Bertz CT molecular complexity index is 640. The minimum atomic E-state index is -0.390. The molecule has 4 heteroatoms. The highest BCUT2D eigenvalue weighted by Crippen LogP contribution is 2.23. The molecule has 0 fully saturated rings. The minimum absolute atomic E-state index is 0.366. The molecule has 21 heavy (non-hydrogen) atoms. The lowest BCUT2D eigenvalue weighted by Crippen LogP contribution is -2.05. The Kier molecular flexibility index (Phi) is 5.96. The van der Waals surface area contributed by atoms with Crippen molar-refractivity contribution >= 4 is 39.5 Å². The zero-order valence-corrected chi connectivity index (χ0v) is 14.6. The lowest BCUT2D eigenvalue weighted by atomic mass is 10.0. The molecule has 2 rings (SSSR count). The van der Waals surface area contributed by atoms with Gasteiger partial charge in [0.15, 0.2) is 0 Å². The monoisotopic (exact) mass is 397 g/mol. The van der Waals surface area contributed by atoms with Gasteiger partial charge in [-0.1, -0.05) is 32.3 Å². The van der Waals surface area contributed by atoms with E-state index in [-0.39, 0.29) is 0 Å². The topological polar surface area (TPSA) is 39.2 Å². The molecule has 3 nitrogen and oxygen atoms in total. The summed E-state index contributed by atoms with van der Waals surface area (Å²) >= 11 is 2.25. The number of halogens is 1. The van der Waals surface area contributed by atoms with Crippen LogP contribution in [-0.2, 0) is 11.2 Å². The van der Waals surface area contributed by atoms with Gasteiger partial charge in [0.2, 0.25) is 0 Å². The molecular weight excluding hydrogens is 377 g/mol. The molecule has 0 bridgehead atoms. The largest absolute Gasteiger partial charge is 0.464 e. The maximum atomic E-state index is 11.6. The molecule has 0 amide bonds. The number of carbonyl (C=O) groups excluding carboxylic acids is 1. The standard InChI is InChI=1S/C17H20INO2/c1-3-4-5-6-7-12-8-9-15-13(10-12)14(18)11-16(19-15)17(20)21-2/h8-11H,3-7H2,1-2H3. The number of pyridine rings is 1. The maximum Gasteiger partial charge on any atom is 0.356 e. The zero-order valence-electron chi connectivity index (χ0n) is 12.5. The summed E-state index contributed by atoms with van der Waals surface area (Å²) in [5.74, 6) is -0.390. The summed E-state index contributed by atoms with van der Waals surface area (Å²) < 4.78 is 5.77. The second kappa shape index (κ2) is 7.73. The van der Waals surface area contributed by atoms with Gasteiger partial charge in [-0.2, -0.15) is 0 Å². The number of fused-ring (bicyclic) bond motifs is 1. The number of aryl methyl sites for hydroxylation is 1. The molecule has 0 saturated carbocycles. The second-order valence-corrected chi connectivity index (χ2v) is 6.31. The molecule has 0 N–H and O–H groups in total. The fourth-order valence-electron chi connectivity index (χ4n) is 2.35. The van der Waals surface area contributed by atoms with Gasteiger partial charge in [-0.25, -0.2) is 9.78 Å². The van der Waals surface area contributed by atoms with Gasteiger partial charge < -0.3 is 4.74 Å². The van der Waals surface area contributed by atoms with Gasteiger partial charge in [0, 0.05) is 8.96 Å². The number of rotatable bonds is 6. The van der Waals surface area contributed by atoms with Crippen molar-refractivity contribution in [2.24, 2.45) is 0 Å². The number of aromatic nitrogens is 1. The van der Waals surface area contributed by atoms with E-state index < -0.39 is 5.97 Å². The highest BCUT2D eigenvalue weighted by Gasteiger charge is 2.11. The number of methoxy groups -OCH3 is 1. The average molecular weight is 397 g/mol. The maximum absolute atomic E-state index is 11.6. The first-order valence-corrected chi connectivity index (χ1v) is 8.41. The number of hydrogen-bond donors (Lipinski definition) is 0. The Morgan fingerprint density at radius 3 is 2.76 bits per heavy atom. The average Bonchev–Trinajstić information content (AvgIpc) is 2.51. The lowest BCUT2D eigenvalue weighted by molar-refractivity contribution is 0.0594. The van der Waals surface area contributed by atoms with E-state index in [1.54, 1.807) is 6.07 Å². The van der Waals surface area contributed by atoms with Gasteiger partial charge in [-0.15, -0.1) is 0 Å². The van der Waals surface area contributed by atoms with Crippen molar-refractivity contribution in [3.63, 3.8) is 0 Å². The van der Waals surface area contributed by atoms with Crippen LogP contribution < -0.4 is 0 Å². The summed E-state index contributed by atoms with van der Waals surface area (Å²) in [4.78, 5) is 16.0. The Balaban J connectivity index is 2.23. The van der Waals surface area contributed by atoms with E-state index in [4.69, 9.17) is 4.74 Å². The third kappa shape index (κ3) is 4.15. The predicted molar refractivity (Wildman–Crippen MR) is 93.6 cm³/mol. The molecule has 1 aromatic carbocycles. The van der Waals surface area contributed by atoms with Crippen LogP contribution in [0.5, 0.6) is 0 Å². The van der Waals surface area contributed by atoms with E-state index in [2.05, 4.69) is 46.6 Å². The molecule has 0 spiro atoms. The molecule has 0 aliphatic carbocycles. The van der Waals surface area contributed by atoms with E-state index in [0.717, 1.165) is 20.9 Å². The summed E-state index contributed by atoms with van der Waals surface area (Å²) in [6.07, 6.45) is 6.17. The SMILES string of the molecule is CCCCCCc1ccc2nc(C(=O)OC)cc(I)c2c1. The third-order valence-corrected chi connectivity index (χ3v) is 4.43. The lowest BCUT2D eigenvalue weighted by Gasteiger charge is -2.07. The first-order chi connectivity index (χ1) is 10.2. The molecule has 112 valence electrons. The van der Waals surface area contributed by atoms with E-state index in [1.807, 2.05) is 6.07 Å². The third-order valence-electron chi connectivity index (χ3n) is 3.54. The number of esters is 1. The molecule has 1 heterocycles. The highest BCUT2D eigenvalue weighted by atomic mass is 127. The van der Waals surface area contributed by atoms with Crippen LogP contribution >= 0.6 is 22.6 Å². The highest BCUT2D eigenvalue weighted by molar-refractivity contribution is 14.1. The Labute approximate surface area is 139 Å². The summed E-state index contributed by atoms with van der Waals surface area (Å²) in [6, 6.07) is 8.09. The Morgan fingerprint density at radius 1 is 1.24 bits per heavy atom. The number of ether oxygens (including phenoxy) is 1. The van der Waals surface area contributed by atoms with Crippen LogP contribution in [-0.4, -0.2) is 18.1 Å². The first-order valence-electron chi connectivity index (χ1n) is 7.33. The fourth-order valence-corrected chi connectivity index (χ4v) is 3.08. The van der Waals surface area contributed by atoms with E-state index in [1.165, 1.54) is 38.4 Å². The van der Waals surface area contributed by atoms with Crippen LogP contribution in [0.25, 0.3) is 10.9 Å². The van der Waals surface area contributed by atoms with Crippen molar-refractivity contribution in [3.05, 3.63) is 39.1 Å². The summed E-state index contributed by atoms with van der Waals surface area (Å²) in [6.45, 7) is 2.23. The Morgan fingerprint density at radius 2 is 2.05 bits per heavy atom. The number of hydrogen-bond acceptors (Lipinski definition) is 3. The van der Waals surface area contributed by atoms with Crippen LogP contribution in [0, 0.1) is 3.57 Å². The number of carbonyl (C=O) groups is 1.